The number of aliphatic hydroxyl groups is 1. The quantitative estimate of drug-likeness (QED) is 0.655. The highest BCUT2D eigenvalue weighted by molar-refractivity contribution is 6.08. The van der Waals surface area contributed by atoms with E-state index in [1.165, 1.54) is 0 Å². The van der Waals surface area contributed by atoms with Gasteiger partial charge in [-0.25, -0.2) is 0 Å². The van der Waals surface area contributed by atoms with Gasteiger partial charge in [-0.15, -0.1) is 0 Å². The number of anilines is 1. The zero-order chi connectivity index (χ0) is 21.6. The Morgan fingerprint density at radius 1 is 1.40 bits per heavy atom. The summed E-state index contributed by atoms with van der Waals surface area (Å²) in [5.41, 5.74) is 1.51. The topological polar surface area (TPSA) is 102 Å². The number of hydrogen-bond donors (Lipinski definition) is 3. The number of nitrogens with one attached hydrogen (secondary N) is 2. The molecule has 1 aliphatic carbocycles. The molecule has 160 valence electrons. The van der Waals surface area contributed by atoms with Crippen LogP contribution in [-0.2, 0) is 20.0 Å². The molecule has 0 aromatic heterocycles. The van der Waals surface area contributed by atoms with Crippen molar-refractivity contribution in [2.75, 3.05) is 39.0 Å². The summed E-state index contributed by atoms with van der Waals surface area (Å²) in [7, 11) is 3.51. The summed E-state index contributed by atoms with van der Waals surface area (Å²) < 4.78 is 0. The first-order chi connectivity index (χ1) is 14.3. The van der Waals surface area contributed by atoms with Crippen molar-refractivity contribution in [3.63, 3.8) is 0 Å². The summed E-state index contributed by atoms with van der Waals surface area (Å²) in [5.74, 6) is -0.842. The lowest BCUT2D eigenvalue weighted by Crippen LogP contribution is -2.52. The van der Waals surface area contributed by atoms with E-state index in [-0.39, 0.29) is 42.5 Å². The van der Waals surface area contributed by atoms with E-state index in [1.54, 1.807) is 18.0 Å². The zero-order valence-corrected chi connectivity index (χ0v) is 17.6. The molecule has 3 amide bonds. The number of hydrogen-bond acceptors (Lipinski definition) is 5. The van der Waals surface area contributed by atoms with Gasteiger partial charge in [0, 0.05) is 56.8 Å². The number of fused-ring (bicyclic) bond motifs is 2. The molecule has 0 spiro atoms. The van der Waals surface area contributed by atoms with Crippen molar-refractivity contribution in [1.82, 2.24) is 15.1 Å². The molecule has 0 fully saturated rings. The molecule has 2 heterocycles. The third-order valence-electron chi connectivity index (χ3n) is 6.56. The number of benzene rings is 1. The van der Waals surface area contributed by atoms with Crippen LogP contribution in [0, 0.1) is 5.92 Å². The van der Waals surface area contributed by atoms with Crippen LogP contribution in [0.25, 0.3) is 5.57 Å². The van der Waals surface area contributed by atoms with Gasteiger partial charge >= 0.3 is 0 Å². The normalized spacial score (nSPS) is 26.9. The van der Waals surface area contributed by atoms with Gasteiger partial charge in [-0.2, -0.15) is 0 Å². The molecular formula is C22H28N4O4. The molecule has 2 unspecified atom stereocenters. The lowest BCUT2D eigenvalue weighted by Gasteiger charge is -2.44. The molecule has 0 bridgehead atoms. The standard InChI is InChI=1S/C22H28N4O4/c1-4-26(9-8-18(27)23-2)20(28)13-10-15-14-6-5-7-16-19(14)22(30,21(29)24-16)11-17(15)25(3)12-13/h5-7,10,13,17,30H,4,8-9,11-12H2,1-3H3,(H,23,27)(H,24,29)/t13-,17?,22?/m1/s1. The third-order valence-corrected chi connectivity index (χ3v) is 6.56. The smallest absolute Gasteiger partial charge is 0.261 e. The number of nitrogens with zero attached hydrogens (tertiary/aromatic N) is 2. The van der Waals surface area contributed by atoms with Crippen LogP contribution >= 0.6 is 0 Å². The minimum Gasteiger partial charge on any atom is -0.375 e. The van der Waals surface area contributed by atoms with Gasteiger partial charge in [0.2, 0.25) is 11.8 Å². The highest BCUT2D eigenvalue weighted by atomic mass is 16.3. The highest BCUT2D eigenvalue weighted by Crippen LogP contribution is 2.51. The summed E-state index contributed by atoms with van der Waals surface area (Å²) in [6, 6.07) is 5.41. The van der Waals surface area contributed by atoms with Gasteiger partial charge in [-0.05, 0) is 31.2 Å². The fourth-order valence-electron chi connectivity index (χ4n) is 4.92. The van der Waals surface area contributed by atoms with Crippen molar-refractivity contribution in [3.8, 4) is 0 Å². The summed E-state index contributed by atoms with van der Waals surface area (Å²) in [6.45, 7) is 3.31. The van der Waals surface area contributed by atoms with Crippen LogP contribution in [0.2, 0.25) is 0 Å². The van der Waals surface area contributed by atoms with E-state index in [1.807, 2.05) is 37.1 Å². The van der Waals surface area contributed by atoms with Crippen LogP contribution in [0.5, 0.6) is 0 Å². The summed E-state index contributed by atoms with van der Waals surface area (Å²) >= 11 is 0. The van der Waals surface area contributed by atoms with Gasteiger partial charge in [0.1, 0.15) is 0 Å². The number of likely N-dealkylation sites (N-methyl/N-ethyl adjacent to an activating group) is 1. The molecule has 3 aliphatic rings. The molecule has 4 rings (SSSR count). The van der Waals surface area contributed by atoms with E-state index >= 15 is 0 Å². The average Bonchev–Trinajstić information content (AvgIpc) is 2.99. The first kappa shape index (κ1) is 20.6. The fourth-order valence-corrected chi connectivity index (χ4v) is 4.92. The maximum atomic E-state index is 13.2. The van der Waals surface area contributed by atoms with E-state index in [4.69, 9.17) is 0 Å². The molecule has 30 heavy (non-hydrogen) atoms. The Morgan fingerprint density at radius 3 is 2.87 bits per heavy atom. The summed E-state index contributed by atoms with van der Waals surface area (Å²) in [5, 5.41) is 16.6. The second-order valence-corrected chi connectivity index (χ2v) is 8.27. The second-order valence-electron chi connectivity index (χ2n) is 8.27. The monoisotopic (exact) mass is 412 g/mol. The molecule has 0 saturated carbocycles. The third kappa shape index (κ3) is 3.11. The van der Waals surface area contributed by atoms with Gasteiger partial charge in [0.05, 0.1) is 5.92 Å². The fraction of sp³-hybridized carbons (Fsp3) is 0.500. The Bertz CT molecular complexity index is 943. The maximum absolute atomic E-state index is 13.2. The highest BCUT2D eigenvalue weighted by Gasteiger charge is 2.53. The van der Waals surface area contributed by atoms with Gasteiger partial charge in [0.25, 0.3) is 5.91 Å². The molecule has 3 N–H and O–H groups in total. The molecule has 8 nitrogen and oxygen atoms in total. The van der Waals surface area contributed by atoms with Crippen molar-refractivity contribution >= 4 is 29.0 Å². The van der Waals surface area contributed by atoms with Gasteiger partial charge in [0.15, 0.2) is 5.60 Å². The molecule has 0 saturated heterocycles. The van der Waals surface area contributed by atoms with Crippen LogP contribution in [0.1, 0.15) is 30.9 Å². The molecule has 3 atom stereocenters. The van der Waals surface area contributed by atoms with Crippen LogP contribution in [-0.4, -0.2) is 72.4 Å². The minimum atomic E-state index is -1.54. The Balaban J connectivity index is 1.67. The second kappa shape index (κ2) is 7.52. The van der Waals surface area contributed by atoms with Crippen LogP contribution in [0.3, 0.4) is 0 Å². The molecule has 2 aliphatic heterocycles. The first-order valence-corrected chi connectivity index (χ1v) is 10.4. The summed E-state index contributed by atoms with van der Waals surface area (Å²) in [4.78, 5) is 41.1. The van der Waals surface area contributed by atoms with E-state index in [2.05, 4.69) is 10.6 Å². The predicted octanol–water partition coefficient (Wildman–Crippen LogP) is 0.528. The average molecular weight is 412 g/mol. The number of carbonyl (C=O) groups is 3. The molecular weight excluding hydrogens is 384 g/mol. The van der Waals surface area contributed by atoms with Crippen molar-refractivity contribution in [1.29, 1.82) is 0 Å². The van der Waals surface area contributed by atoms with E-state index in [0.29, 0.717) is 30.9 Å². The van der Waals surface area contributed by atoms with Gasteiger partial charge < -0.3 is 20.6 Å². The maximum Gasteiger partial charge on any atom is 0.261 e. The van der Waals surface area contributed by atoms with Crippen LogP contribution in [0.15, 0.2) is 24.3 Å². The van der Waals surface area contributed by atoms with Crippen LogP contribution < -0.4 is 10.6 Å². The molecule has 1 aromatic carbocycles. The number of carbonyl (C=O) groups excluding carboxylic acids is 3. The number of amides is 3. The van der Waals surface area contributed by atoms with Gasteiger partial charge in [-0.3, -0.25) is 19.3 Å². The van der Waals surface area contributed by atoms with Crippen molar-refractivity contribution in [2.45, 2.75) is 31.4 Å². The van der Waals surface area contributed by atoms with E-state index in [0.717, 1.165) is 11.1 Å². The SMILES string of the molecule is CCN(CCC(=O)NC)C(=O)[C@@H]1C=C2c3cccc4c3C(O)(CC2N(C)C1)C(=O)N4. The minimum absolute atomic E-state index is 0.0122. The Morgan fingerprint density at radius 2 is 2.17 bits per heavy atom. The van der Waals surface area contributed by atoms with E-state index < -0.39 is 5.60 Å². The molecule has 0 radical (unpaired) electrons. The zero-order valence-electron chi connectivity index (χ0n) is 17.6. The Labute approximate surface area is 175 Å². The molecule has 1 aromatic rings. The van der Waals surface area contributed by atoms with Crippen molar-refractivity contribution in [2.24, 2.45) is 5.92 Å². The lowest BCUT2D eigenvalue weighted by molar-refractivity contribution is -0.138. The van der Waals surface area contributed by atoms with Crippen molar-refractivity contribution in [3.05, 3.63) is 35.4 Å². The Hall–Kier alpha value is -2.71. The Kier molecular flexibility index (Phi) is 5.15. The number of rotatable bonds is 5. The largest absolute Gasteiger partial charge is 0.375 e. The predicted molar refractivity (Wildman–Crippen MR) is 112 cm³/mol. The van der Waals surface area contributed by atoms with E-state index in [9.17, 15) is 19.5 Å². The summed E-state index contributed by atoms with van der Waals surface area (Å²) in [6.07, 6.45) is 2.53. The van der Waals surface area contributed by atoms with Gasteiger partial charge in [-0.1, -0.05) is 18.2 Å². The first-order valence-electron chi connectivity index (χ1n) is 10.4. The lowest BCUT2D eigenvalue weighted by atomic mass is 9.72. The molecule has 8 heteroatoms. The van der Waals surface area contributed by atoms with Crippen LogP contribution in [0.4, 0.5) is 5.69 Å². The van der Waals surface area contributed by atoms with Crippen molar-refractivity contribution < 1.29 is 19.5 Å².